The standard InChI is InChI=1S/C28H39N5O4S/c1-18(2)17-23(24(34)27-31-32-28(37-27)38-20-13-15-33(3)16-14-20)30-26(36)21-11-7-8-12-22(21)29-25(35)19-9-5-4-6-10-19/h4-6,9-10,18,20-23H,7-8,11-17H2,1-3H3,(H,29,35)(H,30,36)/t21-,22+,23?/m0/s1. The molecule has 0 bridgehead atoms. The van der Waals surface area contributed by atoms with Gasteiger partial charge < -0.3 is 20.0 Å². The molecule has 4 rings (SSSR count). The van der Waals surface area contributed by atoms with Crippen molar-refractivity contribution >= 4 is 29.4 Å². The number of piperidine rings is 1. The first-order chi connectivity index (χ1) is 18.3. The summed E-state index contributed by atoms with van der Waals surface area (Å²) in [6, 6.07) is 7.96. The second-order valence-corrected chi connectivity index (χ2v) is 12.1. The fourth-order valence-electron chi connectivity index (χ4n) is 5.19. The number of amides is 2. The summed E-state index contributed by atoms with van der Waals surface area (Å²) in [5.74, 6) is -1.08. The molecular formula is C28H39N5O4S. The zero-order chi connectivity index (χ0) is 27.1. The van der Waals surface area contributed by atoms with Gasteiger partial charge >= 0.3 is 0 Å². The van der Waals surface area contributed by atoms with Gasteiger partial charge in [-0.25, -0.2) is 0 Å². The molecule has 1 unspecified atom stereocenters. The number of Topliss-reactive ketones (excluding diaryl/α,β-unsaturated/α-hetero) is 1. The lowest BCUT2D eigenvalue weighted by molar-refractivity contribution is -0.127. The highest BCUT2D eigenvalue weighted by atomic mass is 32.2. The average Bonchev–Trinajstić information content (AvgIpc) is 3.38. The van der Waals surface area contributed by atoms with Crippen LogP contribution in [0.25, 0.3) is 0 Å². The summed E-state index contributed by atoms with van der Waals surface area (Å²) in [5, 5.41) is 14.9. The van der Waals surface area contributed by atoms with Gasteiger partial charge in [0.25, 0.3) is 17.0 Å². The quantitative estimate of drug-likeness (QED) is 0.434. The summed E-state index contributed by atoms with van der Waals surface area (Å²) >= 11 is 1.52. The van der Waals surface area contributed by atoms with Crippen LogP contribution >= 0.6 is 11.8 Å². The van der Waals surface area contributed by atoms with E-state index in [0.717, 1.165) is 45.2 Å². The van der Waals surface area contributed by atoms with E-state index < -0.39 is 12.0 Å². The van der Waals surface area contributed by atoms with Crippen LogP contribution in [-0.4, -0.2) is 70.2 Å². The van der Waals surface area contributed by atoms with E-state index >= 15 is 0 Å². The zero-order valence-electron chi connectivity index (χ0n) is 22.5. The minimum absolute atomic E-state index is 0.0658. The van der Waals surface area contributed by atoms with E-state index in [2.05, 4.69) is 32.8 Å². The van der Waals surface area contributed by atoms with Gasteiger partial charge in [0.1, 0.15) is 0 Å². The van der Waals surface area contributed by atoms with E-state index in [9.17, 15) is 14.4 Å². The number of aromatic nitrogens is 2. The minimum Gasteiger partial charge on any atom is -0.408 e. The molecule has 0 radical (unpaired) electrons. The number of likely N-dealkylation sites (tertiary alicyclic amines) is 1. The summed E-state index contributed by atoms with van der Waals surface area (Å²) in [6.07, 6.45) is 5.74. The third-order valence-electron chi connectivity index (χ3n) is 7.35. The highest BCUT2D eigenvalue weighted by Crippen LogP contribution is 2.30. The van der Waals surface area contributed by atoms with Crippen molar-refractivity contribution in [3.8, 4) is 0 Å². The molecule has 9 nitrogen and oxygen atoms in total. The van der Waals surface area contributed by atoms with Crippen molar-refractivity contribution in [1.82, 2.24) is 25.7 Å². The van der Waals surface area contributed by atoms with Crippen molar-refractivity contribution in [1.29, 1.82) is 0 Å². The molecule has 2 aliphatic rings. The molecule has 206 valence electrons. The Hall–Kier alpha value is -2.72. The lowest BCUT2D eigenvalue weighted by Gasteiger charge is -2.32. The van der Waals surface area contributed by atoms with Gasteiger partial charge in [-0.3, -0.25) is 14.4 Å². The number of ketones is 1. The van der Waals surface area contributed by atoms with Gasteiger partial charge in [-0.1, -0.05) is 56.7 Å². The number of rotatable bonds is 10. The number of nitrogens with zero attached hydrogens (tertiary/aromatic N) is 3. The lowest BCUT2D eigenvalue weighted by Crippen LogP contribution is -2.52. The molecule has 1 saturated heterocycles. The summed E-state index contributed by atoms with van der Waals surface area (Å²) in [6.45, 7) is 6.05. The third-order valence-corrected chi connectivity index (χ3v) is 8.52. The van der Waals surface area contributed by atoms with Crippen LogP contribution in [0.4, 0.5) is 0 Å². The van der Waals surface area contributed by atoms with Gasteiger partial charge in [0.2, 0.25) is 11.7 Å². The molecular weight excluding hydrogens is 502 g/mol. The van der Waals surface area contributed by atoms with Crippen molar-refractivity contribution in [2.24, 2.45) is 11.8 Å². The van der Waals surface area contributed by atoms with E-state index in [1.54, 1.807) is 12.1 Å². The van der Waals surface area contributed by atoms with Gasteiger partial charge in [-0.05, 0) is 70.3 Å². The molecule has 2 N–H and O–H groups in total. The Balaban J connectivity index is 1.40. The molecule has 1 saturated carbocycles. The Morgan fingerprint density at radius 3 is 2.47 bits per heavy atom. The molecule has 2 amide bonds. The highest BCUT2D eigenvalue weighted by molar-refractivity contribution is 7.99. The summed E-state index contributed by atoms with van der Waals surface area (Å²) in [4.78, 5) is 41.9. The molecule has 0 spiro atoms. The van der Waals surface area contributed by atoms with E-state index in [-0.39, 0.29) is 35.4 Å². The van der Waals surface area contributed by atoms with Crippen LogP contribution in [0.5, 0.6) is 0 Å². The number of thioether (sulfide) groups is 1. The number of carbonyl (C=O) groups is 3. The molecule has 10 heteroatoms. The molecule has 2 fully saturated rings. The highest BCUT2D eigenvalue weighted by Gasteiger charge is 2.36. The summed E-state index contributed by atoms with van der Waals surface area (Å²) < 4.78 is 5.76. The van der Waals surface area contributed by atoms with Gasteiger partial charge in [-0.2, -0.15) is 0 Å². The van der Waals surface area contributed by atoms with Gasteiger partial charge in [-0.15, -0.1) is 10.2 Å². The van der Waals surface area contributed by atoms with Crippen molar-refractivity contribution in [2.45, 2.75) is 81.3 Å². The topological polar surface area (TPSA) is 117 Å². The number of carbonyl (C=O) groups excluding carboxylic acids is 3. The first-order valence-corrected chi connectivity index (χ1v) is 14.6. The van der Waals surface area contributed by atoms with Crippen LogP contribution in [0.15, 0.2) is 40.0 Å². The Morgan fingerprint density at radius 2 is 1.76 bits per heavy atom. The molecule has 3 atom stereocenters. The molecule has 1 aliphatic heterocycles. The molecule has 1 aliphatic carbocycles. The number of hydrogen-bond donors (Lipinski definition) is 2. The summed E-state index contributed by atoms with van der Waals surface area (Å²) in [7, 11) is 2.11. The van der Waals surface area contributed by atoms with Crippen molar-refractivity contribution < 1.29 is 18.8 Å². The van der Waals surface area contributed by atoms with Crippen LogP contribution in [-0.2, 0) is 4.79 Å². The largest absolute Gasteiger partial charge is 0.408 e. The Labute approximate surface area is 228 Å². The van der Waals surface area contributed by atoms with E-state index in [1.807, 2.05) is 32.0 Å². The summed E-state index contributed by atoms with van der Waals surface area (Å²) in [5.41, 5.74) is 0.565. The van der Waals surface area contributed by atoms with Gasteiger partial charge in [0.05, 0.1) is 12.0 Å². The van der Waals surface area contributed by atoms with Gasteiger partial charge in [0, 0.05) is 16.9 Å². The van der Waals surface area contributed by atoms with Crippen LogP contribution < -0.4 is 10.6 Å². The smallest absolute Gasteiger partial charge is 0.286 e. The predicted octanol–water partition coefficient (Wildman–Crippen LogP) is 3.96. The van der Waals surface area contributed by atoms with Gasteiger partial charge in [0.15, 0.2) is 0 Å². The first kappa shape index (κ1) is 28.3. The van der Waals surface area contributed by atoms with Crippen LogP contribution in [0, 0.1) is 11.8 Å². The zero-order valence-corrected chi connectivity index (χ0v) is 23.3. The second kappa shape index (κ2) is 13.4. The monoisotopic (exact) mass is 541 g/mol. The van der Waals surface area contributed by atoms with E-state index in [0.29, 0.717) is 28.9 Å². The lowest BCUT2D eigenvalue weighted by atomic mass is 9.83. The van der Waals surface area contributed by atoms with Crippen molar-refractivity contribution in [3.05, 3.63) is 41.8 Å². The Bertz CT molecular complexity index is 1080. The SMILES string of the molecule is CC(C)CC(NC(=O)[C@H]1CCCC[C@H]1NC(=O)c1ccccc1)C(=O)c1nnc(SC2CCN(C)CC2)o1. The first-order valence-electron chi connectivity index (χ1n) is 13.7. The third kappa shape index (κ3) is 7.66. The minimum atomic E-state index is -0.767. The van der Waals surface area contributed by atoms with Crippen molar-refractivity contribution in [3.63, 3.8) is 0 Å². The van der Waals surface area contributed by atoms with Crippen LogP contribution in [0.1, 0.15) is 79.8 Å². The fourth-order valence-corrected chi connectivity index (χ4v) is 6.14. The maximum Gasteiger partial charge on any atom is 0.286 e. The second-order valence-electron chi connectivity index (χ2n) is 10.9. The number of hydrogen-bond acceptors (Lipinski definition) is 8. The molecule has 1 aromatic heterocycles. The molecule has 38 heavy (non-hydrogen) atoms. The molecule has 2 aromatic rings. The maximum atomic E-state index is 13.5. The molecule has 1 aromatic carbocycles. The van der Waals surface area contributed by atoms with E-state index in [4.69, 9.17) is 4.42 Å². The number of nitrogens with one attached hydrogen (secondary N) is 2. The van der Waals surface area contributed by atoms with Crippen molar-refractivity contribution in [2.75, 3.05) is 20.1 Å². The average molecular weight is 542 g/mol. The number of benzene rings is 1. The van der Waals surface area contributed by atoms with Crippen LogP contribution in [0.3, 0.4) is 0 Å². The van der Waals surface area contributed by atoms with Crippen LogP contribution in [0.2, 0.25) is 0 Å². The Morgan fingerprint density at radius 1 is 1.05 bits per heavy atom. The molecule has 2 heterocycles. The Kier molecular flexibility index (Phi) is 9.96. The fraction of sp³-hybridized carbons (Fsp3) is 0.607. The maximum absolute atomic E-state index is 13.5. The van der Waals surface area contributed by atoms with E-state index in [1.165, 1.54) is 11.8 Å². The predicted molar refractivity (Wildman–Crippen MR) is 146 cm³/mol. The normalized spacial score (nSPS) is 21.7.